The lowest BCUT2D eigenvalue weighted by Gasteiger charge is -2.29. The van der Waals surface area contributed by atoms with Gasteiger partial charge in [0.1, 0.15) is 0 Å². The first-order valence-corrected chi connectivity index (χ1v) is 8.55. The molecule has 0 amide bonds. The van der Waals surface area contributed by atoms with Gasteiger partial charge in [0.25, 0.3) is 0 Å². The molecule has 1 aliphatic carbocycles. The van der Waals surface area contributed by atoms with Gasteiger partial charge in [-0.05, 0) is 31.0 Å². The molecule has 2 rings (SSSR count). The number of rotatable bonds is 3. The van der Waals surface area contributed by atoms with E-state index in [2.05, 4.69) is 6.92 Å². The Morgan fingerprint density at radius 2 is 1.69 bits per heavy atom. The predicted octanol–water partition coefficient (Wildman–Crippen LogP) is 3.70. The summed E-state index contributed by atoms with van der Waals surface area (Å²) in [5, 5.41) is 0. The van der Waals surface area contributed by atoms with Gasteiger partial charge >= 0.3 is 0 Å². The fourth-order valence-electron chi connectivity index (χ4n) is 2.93. The Morgan fingerprint density at radius 1 is 1.08 bits per heavy atom. The zero-order valence-electron chi connectivity index (χ0n) is 8.85. The van der Waals surface area contributed by atoms with Crippen molar-refractivity contribution >= 4 is 8.32 Å². The summed E-state index contributed by atoms with van der Waals surface area (Å²) in [4.78, 5) is 0. The molecule has 0 atom stereocenters. The molecule has 0 aromatic rings. The van der Waals surface area contributed by atoms with Crippen LogP contribution in [0.1, 0.15) is 45.4 Å². The topological polar surface area (TPSA) is 9.23 Å². The van der Waals surface area contributed by atoms with Crippen LogP contribution in [-0.2, 0) is 4.43 Å². The minimum Gasteiger partial charge on any atom is -0.414 e. The Hall–Kier alpha value is 0.177. The van der Waals surface area contributed by atoms with Crippen LogP contribution in [-0.4, -0.2) is 14.4 Å². The lowest BCUT2D eigenvalue weighted by Crippen LogP contribution is -2.37. The van der Waals surface area contributed by atoms with E-state index in [1.165, 1.54) is 56.7 Å². The molecule has 1 saturated heterocycles. The molecule has 2 fully saturated rings. The lowest BCUT2D eigenvalue weighted by atomic mass is 10.3. The van der Waals surface area contributed by atoms with Gasteiger partial charge < -0.3 is 4.43 Å². The van der Waals surface area contributed by atoms with Crippen molar-refractivity contribution in [3.8, 4) is 0 Å². The van der Waals surface area contributed by atoms with Gasteiger partial charge in [-0.25, -0.2) is 0 Å². The van der Waals surface area contributed by atoms with Gasteiger partial charge in [-0.1, -0.05) is 32.6 Å². The first-order valence-electron chi connectivity index (χ1n) is 6.02. The first kappa shape index (κ1) is 9.72. The standard InChI is InChI=1S/C11H22OSi/c1-2-13(9-5-6-10-13)12-11-7-3-4-8-11/h11H,2-10H2,1H3. The normalized spacial score (nSPS) is 28.4. The molecule has 2 heteroatoms. The summed E-state index contributed by atoms with van der Waals surface area (Å²) >= 11 is 0. The van der Waals surface area contributed by atoms with Crippen molar-refractivity contribution in [1.29, 1.82) is 0 Å². The summed E-state index contributed by atoms with van der Waals surface area (Å²) in [6.07, 6.45) is 9.12. The average molecular weight is 198 g/mol. The van der Waals surface area contributed by atoms with E-state index in [9.17, 15) is 0 Å². The monoisotopic (exact) mass is 198 g/mol. The van der Waals surface area contributed by atoms with E-state index in [0.29, 0.717) is 6.10 Å². The van der Waals surface area contributed by atoms with Gasteiger partial charge in [-0.15, -0.1) is 0 Å². The second kappa shape index (κ2) is 4.14. The zero-order valence-corrected chi connectivity index (χ0v) is 9.85. The third-order valence-corrected chi connectivity index (χ3v) is 8.53. The van der Waals surface area contributed by atoms with Gasteiger partial charge in [0.05, 0.1) is 0 Å². The largest absolute Gasteiger partial charge is 0.414 e. The fourth-order valence-corrected chi connectivity index (χ4v) is 7.02. The van der Waals surface area contributed by atoms with E-state index in [0.717, 1.165) is 0 Å². The molecule has 0 aromatic heterocycles. The minimum atomic E-state index is -1.17. The highest BCUT2D eigenvalue weighted by molar-refractivity contribution is 6.74. The van der Waals surface area contributed by atoms with Gasteiger partial charge in [-0.3, -0.25) is 0 Å². The Bertz CT molecular complexity index is 157. The van der Waals surface area contributed by atoms with Crippen LogP contribution in [0.2, 0.25) is 18.1 Å². The maximum atomic E-state index is 6.45. The second-order valence-corrected chi connectivity index (χ2v) is 9.08. The highest BCUT2D eigenvalue weighted by Crippen LogP contribution is 2.37. The zero-order chi connectivity index (χ0) is 9.15. The van der Waals surface area contributed by atoms with Crippen LogP contribution in [0.25, 0.3) is 0 Å². The Labute approximate surface area is 83.0 Å². The molecule has 0 bridgehead atoms. The summed E-state index contributed by atoms with van der Waals surface area (Å²) in [6, 6.07) is 4.28. The van der Waals surface area contributed by atoms with Crippen LogP contribution in [0.15, 0.2) is 0 Å². The third kappa shape index (κ3) is 2.16. The van der Waals surface area contributed by atoms with Crippen LogP contribution < -0.4 is 0 Å². The number of hydrogen-bond acceptors (Lipinski definition) is 1. The summed E-state index contributed by atoms with van der Waals surface area (Å²) in [5.41, 5.74) is 0. The molecule has 13 heavy (non-hydrogen) atoms. The van der Waals surface area contributed by atoms with Gasteiger partial charge in [0.15, 0.2) is 8.32 Å². The van der Waals surface area contributed by atoms with E-state index in [1.54, 1.807) is 0 Å². The van der Waals surface area contributed by atoms with Crippen molar-refractivity contribution in [3.63, 3.8) is 0 Å². The molecular weight excluding hydrogens is 176 g/mol. The summed E-state index contributed by atoms with van der Waals surface area (Å²) in [6.45, 7) is 2.35. The molecule has 2 aliphatic rings. The van der Waals surface area contributed by atoms with Crippen molar-refractivity contribution in [2.75, 3.05) is 0 Å². The van der Waals surface area contributed by atoms with Gasteiger partial charge in [0, 0.05) is 6.10 Å². The molecule has 1 aliphatic heterocycles. The quantitative estimate of drug-likeness (QED) is 0.628. The SMILES string of the molecule is CC[Si]1(OC2CCCC2)CCCC1. The maximum absolute atomic E-state index is 6.45. The van der Waals surface area contributed by atoms with E-state index >= 15 is 0 Å². The predicted molar refractivity (Wildman–Crippen MR) is 58.4 cm³/mol. The van der Waals surface area contributed by atoms with Crippen LogP contribution >= 0.6 is 0 Å². The smallest absolute Gasteiger partial charge is 0.192 e. The van der Waals surface area contributed by atoms with Gasteiger partial charge in [-0.2, -0.15) is 0 Å². The maximum Gasteiger partial charge on any atom is 0.192 e. The summed E-state index contributed by atoms with van der Waals surface area (Å²) < 4.78 is 6.45. The number of hydrogen-bond donors (Lipinski definition) is 0. The van der Waals surface area contributed by atoms with Crippen LogP contribution in [0.4, 0.5) is 0 Å². The van der Waals surface area contributed by atoms with Gasteiger partial charge in [0.2, 0.25) is 0 Å². The highest BCUT2D eigenvalue weighted by atomic mass is 28.4. The minimum absolute atomic E-state index is 0.671. The molecular formula is C11H22OSi. The molecule has 1 nitrogen and oxygen atoms in total. The van der Waals surface area contributed by atoms with Crippen molar-refractivity contribution in [2.24, 2.45) is 0 Å². The third-order valence-electron chi connectivity index (χ3n) is 3.88. The molecule has 1 heterocycles. The summed E-state index contributed by atoms with van der Waals surface area (Å²) in [5.74, 6) is 0. The molecule has 0 aromatic carbocycles. The molecule has 76 valence electrons. The van der Waals surface area contributed by atoms with Crippen molar-refractivity contribution < 1.29 is 4.43 Å². The molecule has 0 N–H and O–H groups in total. The summed E-state index contributed by atoms with van der Waals surface area (Å²) in [7, 11) is -1.17. The molecule has 0 spiro atoms. The first-order chi connectivity index (χ1) is 6.35. The Kier molecular flexibility index (Phi) is 3.09. The van der Waals surface area contributed by atoms with Crippen LogP contribution in [0, 0.1) is 0 Å². The lowest BCUT2D eigenvalue weighted by molar-refractivity contribution is 0.196. The van der Waals surface area contributed by atoms with Crippen molar-refractivity contribution in [3.05, 3.63) is 0 Å². The van der Waals surface area contributed by atoms with Crippen LogP contribution in [0.3, 0.4) is 0 Å². The van der Waals surface area contributed by atoms with Crippen molar-refractivity contribution in [2.45, 2.75) is 69.7 Å². The average Bonchev–Trinajstić information content (AvgIpc) is 2.77. The van der Waals surface area contributed by atoms with Crippen LogP contribution in [0.5, 0.6) is 0 Å². The molecule has 0 radical (unpaired) electrons. The fraction of sp³-hybridized carbons (Fsp3) is 1.00. The molecule has 0 unspecified atom stereocenters. The Morgan fingerprint density at radius 3 is 2.23 bits per heavy atom. The van der Waals surface area contributed by atoms with Crippen molar-refractivity contribution in [1.82, 2.24) is 0 Å². The van der Waals surface area contributed by atoms with E-state index < -0.39 is 8.32 Å². The molecule has 1 saturated carbocycles. The Balaban J connectivity index is 1.88. The second-order valence-electron chi connectivity index (χ2n) is 4.77. The highest BCUT2D eigenvalue weighted by Gasteiger charge is 2.38. The van der Waals surface area contributed by atoms with E-state index in [4.69, 9.17) is 4.43 Å². The van der Waals surface area contributed by atoms with E-state index in [-0.39, 0.29) is 0 Å². The van der Waals surface area contributed by atoms with E-state index in [1.807, 2.05) is 0 Å².